The zero-order chi connectivity index (χ0) is 19.2. The van der Waals surface area contributed by atoms with Crippen molar-refractivity contribution in [2.24, 2.45) is 0 Å². The number of benzene rings is 2. The predicted molar refractivity (Wildman–Crippen MR) is 110 cm³/mol. The largest absolute Gasteiger partial charge is 0.379 e. The van der Waals surface area contributed by atoms with Crippen LogP contribution in [0, 0.1) is 0 Å². The molecular formula is C23H29N3O2. The van der Waals surface area contributed by atoms with Crippen molar-refractivity contribution in [1.82, 2.24) is 15.5 Å². The van der Waals surface area contributed by atoms with E-state index in [1.54, 1.807) is 0 Å². The summed E-state index contributed by atoms with van der Waals surface area (Å²) in [5.41, 5.74) is 2.57. The number of hydrogen-bond donors (Lipinski definition) is 2. The monoisotopic (exact) mass is 379 g/mol. The molecule has 1 heterocycles. The number of nitrogens with one attached hydrogen (secondary N) is 2. The van der Waals surface area contributed by atoms with Crippen LogP contribution >= 0.6 is 0 Å². The Labute approximate surface area is 167 Å². The van der Waals surface area contributed by atoms with Gasteiger partial charge in [-0.2, -0.15) is 0 Å². The van der Waals surface area contributed by atoms with Crippen LogP contribution in [0.3, 0.4) is 0 Å². The van der Waals surface area contributed by atoms with Crippen molar-refractivity contribution in [1.29, 1.82) is 0 Å². The van der Waals surface area contributed by atoms with Gasteiger partial charge in [-0.25, -0.2) is 4.79 Å². The molecule has 0 bridgehead atoms. The number of carbonyl (C=O) groups is 1. The van der Waals surface area contributed by atoms with Crippen molar-refractivity contribution in [3.8, 4) is 0 Å². The van der Waals surface area contributed by atoms with Gasteiger partial charge in [0.25, 0.3) is 0 Å². The molecule has 1 aliphatic carbocycles. The molecule has 0 unspecified atom stereocenters. The lowest BCUT2D eigenvalue weighted by atomic mass is 9.96. The third-order valence-corrected chi connectivity index (χ3v) is 5.88. The summed E-state index contributed by atoms with van der Waals surface area (Å²) in [6.45, 7) is 4.81. The van der Waals surface area contributed by atoms with Crippen LogP contribution in [0.15, 0.2) is 60.7 Å². The molecule has 2 aromatic rings. The molecule has 1 atom stereocenters. The Bertz CT molecular complexity index is 756. The molecule has 0 radical (unpaired) electrons. The molecule has 148 valence electrons. The van der Waals surface area contributed by atoms with E-state index >= 15 is 0 Å². The highest BCUT2D eigenvalue weighted by atomic mass is 16.5. The Morgan fingerprint density at radius 1 is 1.00 bits per heavy atom. The summed E-state index contributed by atoms with van der Waals surface area (Å²) in [5, 5.41) is 6.33. The van der Waals surface area contributed by atoms with Gasteiger partial charge in [0.15, 0.2) is 0 Å². The van der Waals surface area contributed by atoms with Gasteiger partial charge in [-0.3, -0.25) is 4.90 Å². The molecule has 4 rings (SSSR count). The van der Waals surface area contributed by atoms with Gasteiger partial charge in [-0.15, -0.1) is 0 Å². The first-order valence-electron chi connectivity index (χ1n) is 10.2. The van der Waals surface area contributed by atoms with E-state index < -0.39 is 0 Å². The average molecular weight is 380 g/mol. The molecule has 2 aromatic carbocycles. The van der Waals surface area contributed by atoms with E-state index in [2.05, 4.69) is 51.9 Å². The molecule has 0 aromatic heterocycles. The quantitative estimate of drug-likeness (QED) is 0.777. The normalized spacial score (nSPS) is 19.6. The Hall–Kier alpha value is -2.37. The molecule has 2 aliphatic rings. The number of carbonyl (C=O) groups excluding carboxylic acids is 1. The highest BCUT2D eigenvalue weighted by molar-refractivity contribution is 5.74. The minimum Gasteiger partial charge on any atom is -0.379 e. The van der Waals surface area contributed by atoms with E-state index in [4.69, 9.17) is 4.74 Å². The number of nitrogens with zero attached hydrogens (tertiary/aromatic N) is 1. The number of amides is 2. The van der Waals surface area contributed by atoms with Gasteiger partial charge in [0.1, 0.15) is 0 Å². The second-order valence-corrected chi connectivity index (χ2v) is 7.85. The molecular weight excluding hydrogens is 350 g/mol. The Balaban J connectivity index is 1.36. The van der Waals surface area contributed by atoms with E-state index in [1.807, 2.05) is 24.3 Å². The second-order valence-electron chi connectivity index (χ2n) is 7.85. The van der Waals surface area contributed by atoms with Crippen LogP contribution in [-0.2, 0) is 10.2 Å². The maximum absolute atomic E-state index is 12.7. The lowest BCUT2D eigenvalue weighted by Gasteiger charge is -2.31. The fourth-order valence-electron chi connectivity index (χ4n) is 3.93. The molecule has 5 heteroatoms. The van der Waals surface area contributed by atoms with Gasteiger partial charge in [-0.1, -0.05) is 60.7 Å². The minimum absolute atomic E-state index is 0.0359. The van der Waals surface area contributed by atoms with Crippen molar-refractivity contribution in [3.63, 3.8) is 0 Å². The van der Waals surface area contributed by atoms with Crippen molar-refractivity contribution in [2.75, 3.05) is 39.4 Å². The maximum Gasteiger partial charge on any atom is 0.315 e. The Kier molecular flexibility index (Phi) is 5.93. The van der Waals surface area contributed by atoms with Crippen LogP contribution in [-0.4, -0.2) is 50.3 Å². The summed E-state index contributed by atoms with van der Waals surface area (Å²) >= 11 is 0. The van der Waals surface area contributed by atoms with Crippen molar-refractivity contribution in [2.45, 2.75) is 24.3 Å². The molecule has 1 saturated carbocycles. The molecule has 2 fully saturated rings. The summed E-state index contributed by atoms with van der Waals surface area (Å²) < 4.78 is 5.45. The zero-order valence-corrected chi connectivity index (χ0v) is 16.3. The fourth-order valence-corrected chi connectivity index (χ4v) is 3.93. The van der Waals surface area contributed by atoms with Crippen molar-refractivity contribution in [3.05, 3.63) is 71.8 Å². The van der Waals surface area contributed by atoms with Gasteiger partial charge >= 0.3 is 6.03 Å². The highest BCUT2D eigenvalue weighted by Gasteiger charge is 2.44. The maximum atomic E-state index is 12.7. The van der Waals surface area contributed by atoms with Gasteiger partial charge in [0, 0.05) is 31.6 Å². The average Bonchev–Trinajstić information content (AvgIpc) is 3.55. The van der Waals surface area contributed by atoms with Crippen molar-refractivity contribution >= 4 is 6.03 Å². The number of hydrogen-bond acceptors (Lipinski definition) is 3. The first-order valence-corrected chi connectivity index (χ1v) is 10.2. The smallest absolute Gasteiger partial charge is 0.315 e. The SMILES string of the molecule is O=C(NCC1(c2ccccc2)CC1)N[C@H](CN1CCOCC1)c1ccccc1. The molecule has 28 heavy (non-hydrogen) atoms. The first-order chi connectivity index (χ1) is 13.8. The molecule has 1 aliphatic heterocycles. The van der Waals surface area contributed by atoms with Gasteiger partial charge in [0.2, 0.25) is 0 Å². The molecule has 5 nitrogen and oxygen atoms in total. The van der Waals surface area contributed by atoms with E-state index in [9.17, 15) is 4.79 Å². The summed E-state index contributed by atoms with van der Waals surface area (Å²) in [6, 6.07) is 20.6. The van der Waals surface area contributed by atoms with E-state index in [0.29, 0.717) is 6.54 Å². The van der Waals surface area contributed by atoms with E-state index in [-0.39, 0.29) is 17.5 Å². The molecule has 2 N–H and O–H groups in total. The van der Waals surface area contributed by atoms with Gasteiger partial charge in [0.05, 0.1) is 19.3 Å². The summed E-state index contributed by atoms with van der Waals surface area (Å²) in [6.07, 6.45) is 2.26. The number of urea groups is 1. The summed E-state index contributed by atoms with van der Waals surface area (Å²) in [5.74, 6) is 0. The third-order valence-electron chi connectivity index (χ3n) is 5.88. The highest BCUT2D eigenvalue weighted by Crippen LogP contribution is 2.47. The van der Waals surface area contributed by atoms with Crippen LogP contribution in [0.1, 0.15) is 30.0 Å². The number of morpholine rings is 1. The standard InChI is InChI=1S/C23H29N3O2/c27-22(24-18-23(11-12-23)20-9-5-2-6-10-20)25-21(19-7-3-1-4-8-19)17-26-13-15-28-16-14-26/h1-10,21H,11-18H2,(H2,24,25,27)/t21-/m1/s1. The van der Waals surface area contributed by atoms with Gasteiger partial charge < -0.3 is 15.4 Å². The lowest BCUT2D eigenvalue weighted by Crippen LogP contribution is -2.46. The fraction of sp³-hybridized carbons (Fsp3) is 0.435. The second kappa shape index (κ2) is 8.76. The Morgan fingerprint density at radius 3 is 2.29 bits per heavy atom. The Morgan fingerprint density at radius 2 is 1.64 bits per heavy atom. The van der Waals surface area contributed by atoms with Crippen LogP contribution < -0.4 is 10.6 Å². The number of ether oxygens (including phenoxy) is 1. The first kappa shape index (κ1) is 19.0. The summed E-state index contributed by atoms with van der Waals surface area (Å²) in [4.78, 5) is 15.1. The van der Waals surface area contributed by atoms with E-state index in [0.717, 1.165) is 51.3 Å². The van der Waals surface area contributed by atoms with Crippen LogP contribution in [0.5, 0.6) is 0 Å². The number of rotatable bonds is 7. The van der Waals surface area contributed by atoms with Crippen LogP contribution in [0.25, 0.3) is 0 Å². The lowest BCUT2D eigenvalue weighted by molar-refractivity contribution is 0.0339. The van der Waals surface area contributed by atoms with Crippen LogP contribution in [0.2, 0.25) is 0 Å². The van der Waals surface area contributed by atoms with Crippen LogP contribution in [0.4, 0.5) is 4.79 Å². The van der Waals surface area contributed by atoms with E-state index in [1.165, 1.54) is 5.56 Å². The zero-order valence-electron chi connectivity index (χ0n) is 16.3. The molecule has 0 spiro atoms. The predicted octanol–water partition coefficient (Wildman–Crippen LogP) is 3.09. The van der Waals surface area contributed by atoms with Gasteiger partial charge in [-0.05, 0) is 24.0 Å². The molecule has 2 amide bonds. The van der Waals surface area contributed by atoms with Crippen molar-refractivity contribution < 1.29 is 9.53 Å². The minimum atomic E-state index is -0.0932. The topological polar surface area (TPSA) is 53.6 Å². The third kappa shape index (κ3) is 4.72. The summed E-state index contributed by atoms with van der Waals surface area (Å²) in [7, 11) is 0. The molecule has 1 saturated heterocycles.